The molecule has 0 aliphatic rings. The highest BCUT2D eigenvalue weighted by Gasteiger charge is 2.14. The summed E-state index contributed by atoms with van der Waals surface area (Å²) < 4.78 is 11.2. The number of rotatable bonds is 7. The van der Waals surface area contributed by atoms with E-state index in [0.717, 1.165) is 5.56 Å². The van der Waals surface area contributed by atoms with Crippen molar-refractivity contribution in [3.63, 3.8) is 0 Å². The Balaban J connectivity index is 1.72. The molecule has 0 saturated heterocycles. The lowest BCUT2D eigenvalue weighted by molar-refractivity contribution is -0.127. The van der Waals surface area contributed by atoms with Gasteiger partial charge in [-0.1, -0.05) is 29.8 Å². The second-order valence-electron chi connectivity index (χ2n) is 5.12. The lowest BCUT2D eigenvalue weighted by Crippen LogP contribution is -2.38. The number of aryl methyl sites for hydroxylation is 1. The summed E-state index contributed by atoms with van der Waals surface area (Å²) >= 11 is 5.80. The molecule has 122 valence electrons. The highest BCUT2D eigenvalue weighted by molar-refractivity contribution is 6.30. The molecule has 4 nitrogen and oxygen atoms in total. The van der Waals surface area contributed by atoms with E-state index in [1.54, 1.807) is 31.2 Å². The number of carbonyl (C=O) groups is 1. The molecule has 0 unspecified atom stereocenters. The van der Waals surface area contributed by atoms with E-state index in [4.69, 9.17) is 21.1 Å². The second-order valence-corrected chi connectivity index (χ2v) is 5.56. The zero-order valence-corrected chi connectivity index (χ0v) is 14.0. The molecule has 0 fully saturated rings. The molecule has 0 heterocycles. The van der Waals surface area contributed by atoms with Gasteiger partial charge in [-0.3, -0.25) is 4.79 Å². The topological polar surface area (TPSA) is 47.6 Å². The first kappa shape index (κ1) is 17.2. The summed E-state index contributed by atoms with van der Waals surface area (Å²) in [7, 11) is 0. The van der Waals surface area contributed by atoms with Crippen LogP contribution in [0.25, 0.3) is 0 Å². The highest BCUT2D eigenvalue weighted by atomic mass is 35.5. The van der Waals surface area contributed by atoms with Crippen molar-refractivity contribution in [2.45, 2.75) is 20.0 Å². The van der Waals surface area contributed by atoms with Gasteiger partial charge in [0, 0.05) is 5.02 Å². The van der Waals surface area contributed by atoms with Crippen LogP contribution in [0.1, 0.15) is 12.5 Å². The van der Waals surface area contributed by atoms with E-state index in [2.05, 4.69) is 5.32 Å². The standard InChI is InChI=1S/C18H20ClNO3/c1-13-5-3-4-6-17(13)23-14(2)18(21)20-11-12-22-16-9-7-15(19)8-10-16/h3-10,14H,11-12H2,1-2H3,(H,20,21)/t14-/m1/s1. The van der Waals surface area contributed by atoms with Crippen LogP contribution in [-0.2, 0) is 4.79 Å². The Morgan fingerprint density at radius 2 is 1.87 bits per heavy atom. The van der Waals surface area contributed by atoms with Crippen LogP contribution in [0.3, 0.4) is 0 Å². The SMILES string of the molecule is Cc1ccccc1O[C@H](C)C(=O)NCCOc1ccc(Cl)cc1. The van der Waals surface area contributed by atoms with Crippen LogP contribution in [-0.4, -0.2) is 25.2 Å². The van der Waals surface area contributed by atoms with E-state index in [1.807, 2.05) is 31.2 Å². The van der Waals surface area contributed by atoms with Crippen molar-refractivity contribution in [1.29, 1.82) is 0 Å². The summed E-state index contributed by atoms with van der Waals surface area (Å²) in [5.41, 5.74) is 0.998. The van der Waals surface area contributed by atoms with Crippen molar-refractivity contribution in [2.75, 3.05) is 13.2 Å². The molecule has 23 heavy (non-hydrogen) atoms. The highest BCUT2D eigenvalue weighted by Crippen LogP contribution is 2.18. The Morgan fingerprint density at radius 3 is 2.57 bits per heavy atom. The monoisotopic (exact) mass is 333 g/mol. The van der Waals surface area contributed by atoms with Crippen molar-refractivity contribution >= 4 is 17.5 Å². The predicted molar refractivity (Wildman–Crippen MR) is 91.2 cm³/mol. The van der Waals surface area contributed by atoms with E-state index in [9.17, 15) is 4.79 Å². The van der Waals surface area contributed by atoms with Crippen LogP contribution in [0.4, 0.5) is 0 Å². The first-order valence-corrected chi connectivity index (χ1v) is 7.82. The maximum absolute atomic E-state index is 12.0. The summed E-state index contributed by atoms with van der Waals surface area (Å²) in [4.78, 5) is 12.0. The van der Waals surface area contributed by atoms with Crippen LogP contribution in [0.15, 0.2) is 48.5 Å². The van der Waals surface area contributed by atoms with E-state index in [-0.39, 0.29) is 5.91 Å². The Bertz CT molecular complexity index is 643. The molecule has 0 radical (unpaired) electrons. The smallest absolute Gasteiger partial charge is 0.260 e. The van der Waals surface area contributed by atoms with Gasteiger partial charge >= 0.3 is 0 Å². The molecule has 1 N–H and O–H groups in total. The Labute approximate surface area is 141 Å². The third-order valence-corrected chi connectivity index (χ3v) is 3.50. The van der Waals surface area contributed by atoms with Gasteiger partial charge in [0.25, 0.3) is 5.91 Å². The average Bonchev–Trinajstić information content (AvgIpc) is 2.55. The van der Waals surface area contributed by atoms with Crippen LogP contribution >= 0.6 is 11.6 Å². The minimum atomic E-state index is -0.563. The molecule has 0 bridgehead atoms. The third kappa shape index (κ3) is 5.49. The summed E-state index contributed by atoms with van der Waals surface area (Å²) in [6.07, 6.45) is -0.563. The fourth-order valence-electron chi connectivity index (χ4n) is 1.95. The van der Waals surface area contributed by atoms with E-state index < -0.39 is 6.10 Å². The van der Waals surface area contributed by atoms with Gasteiger partial charge in [0.05, 0.1) is 6.54 Å². The molecular formula is C18H20ClNO3. The lowest BCUT2D eigenvalue weighted by atomic mass is 10.2. The van der Waals surface area contributed by atoms with E-state index in [1.165, 1.54) is 0 Å². The lowest BCUT2D eigenvalue weighted by Gasteiger charge is -2.16. The summed E-state index contributed by atoms with van der Waals surface area (Å²) in [6.45, 7) is 4.45. The van der Waals surface area contributed by atoms with Gasteiger partial charge in [-0.2, -0.15) is 0 Å². The quantitative estimate of drug-likeness (QED) is 0.787. The normalized spacial score (nSPS) is 11.6. The summed E-state index contributed by atoms with van der Waals surface area (Å²) in [5, 5.41) is 3.45. The van der Waals surface area contributed by atoms with Gasteiger partial charge in [-0.15, -0.1) is 0 Å². The molecule has 1 amide bonds. The average molecular weight is 334 g/mol. The Morgan fingerprint density at radius 1 is 1.17 bits per heavy atom. The fourth-order valence-corrected chi connectivity index (χ4v) is 2.08. The van der Waals surface area contributed by atoms with Crippen molar-refractivity contribution in [2.24, 2.45) is 0 Å². The first-order chi connectivity index (χ1) is 11.1. The van der Waals surface area contributed by atoms with Gasteiger partial charge in [-0.05, 0) is 49.7 Å². The summed E-state index contributed by atoms with van der Waals surface area (Å²) in [5.74, 6) is 1.26. The molecule has 0 saturated carbocycles. The van der Waals surface area contributed by atoms with Crippen molar-refractivity contribution in [3.8, 4) is 11.5 Å². The molecule has 5 heteroatoms. The predicted octanol–water partition coefficient (Wildman–Crippen LogP) is 3.61. The zero-order valence-electron chi connectivity index (χ0n) is 13.2. The molecule has 0 aliphatic heterocycles. The van der Waals surface area contributed by atoms with Gasteiger partial charge in [0.15, 0.2) is 6.10 Å². The molecule has 2 aromatic carbocycles. The second kappa shape index (κ2) is 8.44. The van der Waals surface area contributed by atoms with Crippen LogP contribution < -0.4 is 14.8 Å². The van der Waals surface area contributed by atoms with E-state index in [0.29, 0.717) is 29.7 Å². The van der Waals surface area contributed by atoms with E-state index >= 15 is 0 Å². The number of hydrogen-bond donors (Lipinski definition) is 1. The molecule has 1 atom stereocenters. The van der Waals surface area contributed by atoms with Gasteiger partial charge in [0.2, 0.25) is 0 Å². The van der Waals surface area contributed by atoms with Crippen molar-refractivity contribution in [1.82, 2.24) is 5.32 Å². The van der Waals surface area contributed by atoms with Gasteiger partial charge < -0.3 is 14.8 Å². The minimum absolute atomic E-state index is 0.173. The Kier molecular flexibility index (Phi) is 6.29. The number of nitrogens with one attached hydrogen (secondary N) is 1. The largest absolute Gasteiger partial charge is 0.492 e. The van der Waals surface area contributed by atoms with Crippen LogP contribution in [0.2, 0.25) is 5.02 Å². The first-order valence-electron chi connectivity index (χ1n) is 7.44. The number of benzene rings is 2. The minimum Gasteiger partial charge on any atom is -0.492 e. The molecule has 0 aliphatic carbocycles. The molecule has 2 rings (SSSR count). The van der Waals surface area contributed by atoms with Crippen molar-refractivity contribution in [3.05, 3.63) is 59.1 Å². The third-order valence-electron chi connectivity index (χ3n) is 3.25. The molecule has 2 aromatic rings. The maximum atomic E-state index is 12.0. The van der Waals surface area contributed by atoms with Crippen LogP contribution in [0, 0.1) is 6.92 Å². The van der Waals surface area contributed by atoms with Crippen LogP contribution in [0.5, 0.6) is 11.5 Å². The zero-order chi connectivity index (χ0) is 16.7. The number of amides is 1. The Hall–Kier alpha value is -2.20. The number of para-hydroxylation sites is 1. The van der Waals surface area contributed by atoms with Crippen molar-refractivity contribution < 1.29 is 14.3 Å². The molecular weight excluding hydrogens is 314 g/mol. The van der Waals surface area contributed by atoms with Gasteiger partial charge in [-0.25, -0.2) is 0 Å². The number of carbonyl (C=O) groups excluding carboxylic acids is 1. The van der Waals surface area contributed by atoms with Gasteiger partial charge in [0.1, 0.15) is 18.1 Å². The number of ether oxygens (including phenoxy) is 2. The fraction of sp³-hybridized carbons (Fsp3) is 0.278. The number of hydrogen-bond acceptors (Lipinski definition) is 3. The number of halogens is 1. The molecule has 0 aromatic heterocycles. The maximum Gasteiger partial charge on any atom is 0.260 e. The molecule has 0 spiro atoms. The summed E-state index contributed by atoms with van der Waals surface area (Å²) in [6, 6.07) is 14.7.